The number of carbonyl (C=O) groups excluding carboxylic acids is 1. The van der Waals surface area contributed by atoms with Crippen LogP contribution in [0.2, 0.25) is 0 Å². The smallest absolute Gasteiger partial charge is 0.334 e. The summed E-state index contributed by atoms with van der Waals surface area (Å²) in [6.45, 7) is 0.597. The molecule has 6 nitrogen and oxygen atoms in total. The third kappa shape index (κ3) is 2.43. The fourth-order valence-electron chi connectivity index (χ4n) is 1.51. The first-order valence-electron chi connectivity index (χ1n) is 4.46. The zero-order valence-electron chi connectivity index (χ0n) is 7.64. The van der Waals surface area contributed by atoms with Crippen molar-refractivity contribution in [1.82, 2.24) is 5.32 Å². The summed E-state index contributed by atoms with van der Waals surface area (Å²) in [5, 5.41) is 20.2. The summed E-state index contributed by atoms with van der Waals surface area (Å²) in [5.41, 5.74) is 5.45. The maximum absolute atomic E-state index is 11.1. The van der Waals surface area contributed by atoms with Gasteiger partial charge in [-0.3, -0.25) is 4.79 Å². The summed E-state index contributed by atoms with van der Waals surface area (Å²) < 4.78 is 0. The molecular formula is C8H14N2O4. The molecule has 14 heavy (non-hydrogen) atoms. The molecule has 0 aromatic rings. The van der Waals surface area contributed by atoms with E-state index in [0.29, 0.717) is 13.0 Å². The molecule has 0 unspecified atom stereocenters. The highest BCUT2D eigenvalue weighted by Crippen LogP contribution is 2.16. The normalized spacial score (nSPS) is 25.6. The molecule has 0 spiro atoms. The number of rotatable bonds is 4. The van der Waals surface area contributed by atoms with Crippen LogP contribution in [0.4, 0.5) is 0 Å². The Hall–Kier alpha value is -1.14. The summed E-state index contributed by atoms with van der Waals surface area (Å²) in [6.07, 6.45) is -0.735. The van der Waals surface area contributed by atoms with Gasteiger partial charge in [0.05, 0.1) is 0 Å². The molecule has 0 radical (unpaired) electrons. The highest BCUT2D eigenvalue weighted by Gasteiger charge is 2.30. The van der Waals surface area contributed by atoms with Crippen molar-refractivity contribution < 1.29 is 19.8 Å². The van der Waals surface area contributed by atoms with Crippen molar-refractivity contribution >= 4 is 11.9 Å². The van der Waals surface area contributed by atoms with Gasteiger partial charge in [-0.1, -0.05) is 0 Å². The lowest BCUT2D eigenvalue weighted by molar-refractivity contribution is -0.148. The second-order valence-electron chi connectivity index (χ2n) is 3.46. The summed E-state index contributed by atoms with van der Waals surface area (Å²) in [5.74, 6) is -1.73. The number of amides is 1. The van der Waals surface area contributed by atoms with E-state index in [2.05, 4.69) is 5.32 Å². The fraction of sp³-hybridized carbons (Fsp3) is 0.750. The van der Waals surface area contributed by atoms with Crippen molar-refractivity contribution in [1.29, 1.82) is 0 Å². The molecule has 0 bridgehead atoms. The van der Waals surface area contributed by atoms with Crippen LogP contribution in [0.3, 0.4) is 0 Å². The Bertz CT molecular complexity index is 243. The van der Waals surface area contributed by atoms with Crippen molar-refractivity contribution in [2.45, 2.75) is 25.0 Å². The van der Waals surface area contributed by atoms with Gasteiger partial charge in [-0.15, -0.1) is 0 Å². The SMILES string of the molecule is N[C@@H](C[C@@H]1CCNC1=O)[C@@H](O)C(=O)O. The third-order valence-electron chi connectivity index (χ3n) is 2.38. The average molecular weight is 202 g/mol. The van der Waals surface area contributed by atoms with Crippen LogP contribution in [-0.4, -0.2) is 40.8 Å². The van der Waals surface area contributed by atoms with E-state index in [1.807, 2.05) is 0 Å². The first-order valence-corrected chi connectivity index (χ1v) is 4.46. The summed E-state index contributed by atoms with van der Waals surface area (Å²) in [4.78, 5) is 21.5. The molecule has 5 N–H and O–H groups in total. The minimum atomic E-state index is -1.59. The molecule has 1 heterocycles. The minimum absolute atomic E-state index is 0.113. The Morgan fingerprint density at radius 2 is 2.36 bits per heavy atom. The molecule has 1 aliphatic rings. The van der Waals surface area contributed by atoms with Gasteiger partial charge >= 0.3 is 5.97 Å². The summed E-state index contributed by atoms with van der Waals surface area (Å²) >= 11 is 0. The number of aliphatic hydroxyl groups is 1. The van der Waals surface area contributed by atoms with Crippen LogP contribution in [0, 0.1) is 5.92 Å². The summed E-state index contributed by atoms with van der Waals surface area (Å²) in [7, 11) is 0. The lowest BCUT2D eigenvalue weighted by Crippen LogP contribution is -2.42. The standard InChI is InChI=1S/C8H14N2O4/c9-5(6(11)8(13)14)3-4-1-2-10-7(4)12/h4-6,11H,1-3,9H2,(H,10,12)(H,13,14)/t4-,5-,6+/m0/s1. The molecule has 0 aromatic carbocycles. The van der Waals surface area contributed by atoms with Crippen LogP contribution < -0.4 is 11.1 Å². The average Bonchev–Trinajstić information content (AvgIpc) is 2.50. The van der Waals surface area contributed by atoms with Crippen molar-refractivity contribution in [2.75, 3.05) is 6.54 Å². The summed E-state index contributed by atoms with van der Waals surface area (Å²) in [6, 6.07) is -0.888. The van der Waals surface area contributed by atoms with Gasteiger partial charge in [-0.2, -0.15) is 0 Å². The fourth-order valence-corrected chi connectivity index (χ4v) is 1.51. The molecular weight excluding hydrogens is 188 g/mol. The van der Waals surface area contributed by atoms with E-state index in [1.165, 1.54) is 0 Å². The minimum Gasteiger partial charge on any atom is -0.479 e. The van der Waals surface area contributed by atoms with E-state index >= 15 is 0 Å². The quantitative estimate of drug-likeness (QED) is 0.433. The number of nitrogens with one attached hydrogen (secondary N) is 1. The highest BCUT2D eigenvalue weighted by atomic mass is 16.4. The number of aliphatic carboxylic acids is 1. The molecule has 3 atom stereocenters. The number of carboxylic acid groups (broad SMARTS) is 1. The number of carbonyl (C=O) groups is 2. The number of hydrogen-bond donors (Lipinski definition) is 4. The van der Waals surface area contributed by atoms with E-state index in [4.69, 9.17) is 15.9 Å². The molecule has 6 heteroatoms. The van der Waals surface area contributed by atoms with Crippen LogP contribution in [-0.2, 0) is 9.59 Å². The van der Waals surface area contributed by atoms with Gasteiger partial charge in [0.1, 0.15) is 0 Å². The Kier molecular flexibility index (Phi) is 3.43. The maximum Gasteiger partial charge on any atom is 0.334 e. The molecule has 0 saturated carbocycles. The lowest BCUT2D eigenvalue weighted by Gasteiger charge is -2.17. The van der Waals surface area contributed by atoms with Gasteiger partial charge in [0, 0.05) is 18.5 Å². The van der Waals surface area contributed by atoms with Crippen molar-refractivity contribution in [2.24, 2.45) is 11.7 Å². The number of nitrogens with two attached hydrogens (primary N) is 1. The van der Waals surface area contributed by atoms with Crippen LogP contribution in [0.1, 0.15) is 12.8 Å². The van der Waals surface area contributed by atoms with Gasteiger partial charge in [-0.05, 0) is 12.8 Å². The Morgan fingerprint density at radius 3 is 2.79 bits per heavy atom. The first kappa shape index (κ1) is 10.9. The topological polar surface area (TPSA) is 113 Å². The molecule has 0 aromatic heterocycles. The lowest BCUT2D eigenvalue weighted by atomic mass is 9.96. The highest BCUT2D eigenvalue weighted by molar-refractivity contribution is 5.80. The van der Waals surface area contributed by atoms with Crippen LogP contribution in [0.5, 0.6) is 0 Å². The Morgan fingerprint density at radius 1 is 1.71 bits per heavy atom. The zero-order chi connectivity index (χ0) is 10.7. The van der Waals surface area contributed by atoms with E-state index in [0.717, 1.165) is 0 Å². The van der Waals surface area contributed by atoms with Gasteiger partial charge in [-0.25, -0.2) is 4.79 Å². The monoisotopic (exact) mass is 202 g/mol. The largest absolute Gasteiger partial charge is 0.479 e. The second kappa shape index (κ2) is 4.39. The molecule has 1 saturated heterocycles. The molecule has 1 rings (SSSR count). The van der Waals surface area contributed by atoms with E-state index in [9.17, 15) is 9.59 Å². The molecule has 1 amide bonds. The van der Waals surface area contributed by atoms with E-state index in [-0.39, 0.29) is 18.2 Å². The third-order valence-corrected chi connectivity index (χ3v) is 2.38. The van der Waals surface area contributed by atoms with Gasteiger partial charge in [0.2, 0.25) is 5.91 Å². The zero-order valence-corrected chi connectivity index (χ0v) is 7.64. The maximum atomic E-state index is 11.1. The van der Waals surface area contributed by atoms with Crippen molar-refractivity contribution in [3.63, 3.8) is 0 Å². The van der Waals surface area contributed by atoms with E-state index in [1.54, 1.807) is 0 Å². The first-order chi connectivity index (χ1) is 6.52. The van der Waals surface area contributed by atoms with E-state index < -0.39 is 18.1 Å². The molecule has 1 aliphatic heterocycles. The van der Waals surface area contributed by atoms with Crippen LogP contribution in [0.15, 0.2) is 0 Å². The van der Waals surface area contributed by atoms with Crippen molar-refractivity contribution in [3.05, 3.63) is 0 Å². The van der Waals surface area contributed by atoms with Crippen molar-refractivity contribution in [3.8, 4) is 0 Å². The predicted molar refractivity (Wildman–Crippen MR) is 47.4 cm³/mol. The number of hydrogen-bond acceptors (Lipinski definition) is 4. The Balaban J connectivity index is 2.43. The Labute approximate surface area is 81.1 Å². The second-order valence-corrected chi connectivity index (χ2v) is 3.46. The molecule has 1 fully saturated rings. The molecule has 0 aliphatic carbocycles. The number of aliphatic hydroxyl groups excluding tert-OH is 1. The molecule has 80 valence electrons. The predicted octanol–water partition coefficient (Wildman–Crippen LogP) is -1.71. The van der Waals surface area contributed by atoms with Gasteiger partial charge in [0.25, 0.3) is 0 Å². The van der Waals surface area contributed by atoms with Crippen LogP contribution >= 0.6 is 0 Å². The van der Waals surface area contributed by atoms with Gasteiger partial charge in [0.15, 0.2) is 6.10 Å². The van der Waals surface area contributed by atoms with Gasteiger partial charge < -0.3 is 21.3 Å². The van der Waals surface area contributed by atoms with Crippen LogP contribution in [0.25, 0.3) is 0 Å². The number of carboxylic acids is 1.